The van der Waals surface area contributed by atoms with Gasteiger partial charge in [0.2, 0.25) is 11.8 Å². The van der Waals surface area contributed by atoms with E-state index in [1.165, 1.54) is 0 Å². The van der Waals surface area contributed by atoms with Crippen LogP contribution in [0.1, 0.15) is 42.5 Å². The van der Waals surface area contributed by atoms with Gasteiger partial charge in [-0.25, -0.2) is 4.79 Å². The van der Waals surface area contributed by atoms with Crippen LogP contribution in [-0.2, 0) is 31.3 Å². The molecule has 4 aromatic carbocycles. The molecule has 45 heavy (non-hydrogen) atoms. The standard InChI is InChI=1S/C38H39N3O4/c1-27(2)34(37(44)45-26-28-15-7-3-8-16-28)40-24-23-32(36(40)43)39-35(42)33-25-41(33)38(29-17-9-4-10-18-29,30-19-11-5-12-20-30)31-21-13-6-14-22-31/h3-22,27,32-34H,23-26H2,1-2H3,(H,39,42)/t32-,33?,34+,41+/m1/s1. The number of hydrogen-bond donors (Lipinski definition) is 1. The Balaban J connectivity index is 1.20. The summed E-state index contributed by atoms with van der Waals surface area (Å²) in [6, 6.07) is 38.4. The first-order valence-corrected chi connectivity index (χ1v) is 15.7. The van der Waals surface area contributed by atoms with E-state index in [9.17, 15) is 14.4 Å². The molecular formula is C38H39N3O4. The summed E-state index contributed by atoms with van der Waals surface area (Å²) in [6.45, 7) is 4.88. The van der Waals surface area contributed by atoms with Gasteiger partial charge in [0.05, 0.1) is 5.54 Å². The summed E-state index contributed by atoms with van der Waals surface area (Å²) >= 11 is 0. The molecule has 230 valence electrons. The van der Waals surface area contributed by atoms with Gasteiger partial charge in [-0.3, -0.25) is 14.5 Å². The maximum absolute atomic E-state index is 13.8. The van der Waals surface area contributed by atoms with Gasteiger partial charge in [0.15, 0.2) is 0 Å². The van der Waals surface area contributed by atoms with Crippen LogP contribution in [0, 0.1) is 5.92 Å². The molecule has 2 fully saturated rings. The Kier molecular flexibility index (Phi) is 8.80. The van der Waals surface area contributed by atoms with Crippen LogP contribution in [0.15, 0.2) is 121 Å². The van der Waals surface area contributed by atoms with Crippen LogP contribution in [0.25, 0.3) is 0 Å². The van der Waals surface area contributed by atoms with E-state index in [1.54, 1.807) is 4.90 Å². The first-order chi connectivity index (χ1) is 21.9. The van der Waals surface area contributed by atoms with Crippen LogP contribution in [0.4, 0.5) is 0 Å². The quantitative estimate of drug-likeness (QED) is 0.146. The predicted molar refractivity (Wildman–Crippen MR) is 173 cm³/mol. The smallest absolute Gasteiger partial charge is 0.329 e. The number of carbonyl (C=O) groups excluding carboxylic acids is 3. The van der Waals surface area contributed by atoms with Gasteiger partial charge in [0.1, 0.15) is 24.7 Å². The number of likely N-dealkylation sites (tertiary alicyclic amines) is 1. The number of esters is 1. The lowest BCUT2D eigenvalue weighted by Gasteiger charge is -2.38. The van der Waals surface area contributed by atoms with Gasteiger partial charge in [-0.2, -0.15) is 0 Å². The van der Waals surface area contributed by atoms with Gasteiger partial charge in [0, 0.05) is 13.1 Å². The maximum Gasteiger partial charge on any atom is 0.329 e. The van der Waals surface area contributed by atoms with E-state index in [2.05, 4.69) is 46.6 Å². The predicted octanol–water partition coefficient (Wildman–Crippen LogP) is 5.15. The minimum absolute atomic E-state index is 0.145. The number of nitrogens with zero attached hydrogens (tertiary/aromatic N) is 2. The lowest BCUT2D eigenvalue weighted by molar-refractivity contribution is -0.157. The van der Waals surface area contributed by atoms with Crippen LogP contribution in [-0.4, -0.2) is 58.8 Å². The van der Waals surface area contributed by atoms with Crippen LogP contribution >= 0.6 is 0 Å². The van der Waals surface area contributed by atoms with Crippen molar-refractivity contribution in [3.63, 3.8) is 0 Å². The highest BCUT2D eigenvalue weighted by Gasteiger charge is 2.56. The van der Waals surface area contributed by atoms with Gasteiger partial charge < -0.3 is 15.0 Å². The number of ether oxygens (including phenoxy) is 1. The zero-order valence-corrected chi connectivity index (χ0v) is 25.7. The molecule has 0 aliphatic carbocycles. The average molecular weight is 602 g/mol. The van der Waals surface area contributed by atoms with Crippen molar-refractivity contribution in [1.82, 2.24) is 15.1 Å². The third kappa shape index (κ3) is 6.00. The molecule has 2 aliphatic heterocycles. The number of benzene rings is 4. The second-order valence-corrected chi connectivity index (χ2v) is 12.1. The molecule has 2 heterocycles. The maximum atomic E-state index is 13.8. The Hall–Kier alpha value is -4.75. The highest BCUT2D eigenvalue weighted by molar-refractivity contribution is 5.94. The molecule has 1 N–H and O–H groups in total. The minimum atomic E-state index is -0.720. The molecule has 0 saturated carbocycles. The van der Waals surface area contributed by atoms with Crippen molar-refractivity contribution >= 4 is 17.8 Å². The summed E-state index contributed by atoms with van der Waals surface area (Å²) in [6.07, 6.45) is 0.438. The molecule has 7 nitrogen and oxygen atoms in total. The van der Waals surface area contributed by atoms with Crippen LogP contribution < -0.4 is 5.32 Å². The normalized spacial score (nSPS) is 20.1. The van der Waals surface area contributed by atoms with E-state index in [0.29, 0.717) is 19.5 Å². The molecule has 0 bridgehead atoms. The SMILES string of the molecule is CC(C)[C@@H](C(=O)OCc1ccccc1)N1CC[C@@H](NC(=O)C2C[N@]2C(c2ccccc2)(c2ccccc2)c2ccccc2)C1=O. The number of rotatable bonds is 11. The lowest BCUT2D eigenvalue weighted by atomic mass is 9.76. The number of nitrogens with one attached hydrogen (secondary N) is 1. The molecular weight excluding hydrogens is 562 g/mol. The Labute approximate surface area is 264 Å². The molecule has 4 aromatic rings. The molecule has 2 amide bonds. The monoisotopic (exact) mass is 601 g/mol. The summed E-state index contributed by atoms with van der Waals surface area (Å²) in [5.74, 6) is -1.00. The van der Waals surface area contributed by atoms with E-state index in [4.69, 9.17) is 4.74 Å². The van der Waals surface area contributed by atoms with Crippen molar-refractivity contribution in [2.45, 2.75) is 50.5 Å². The van der Waals surface area contributed by atoms with Crippen molar-refractivity contribution in [3.05, 3.63) is 144 Å². The summed E-state index contributed by atoms with van der Waals surface area (Å²) in [5, 5.41) is 3.04. The fourth-order valence-electron chi connectivity index (χ4n) is 6.72. The van der Waals surface area contributed by atoms with Crippen LogP contribution in [0.2, 0.25) is 0 Å². The summed E-state index contributed by atoms with van der Waals surface area (Å²) in [7, 11) is 0. The number of hydrogen-bond acceptors (Lipinski definition) is 5. The van der Waals surface area contributed by atoms with Crippen LogP contribution in [0.3, 0.4) is 0 Å². The Morgan fingerprint density at radius 3 is 1.78 bits per heavy atom. The fraction of sp³-hybridized carbons (Fsp3) is 0.289. The third-order valence-electron chi connectivity index (χ3n) is 8.91. The first kappa shape index (κ1) is 30.3. The molecule has 0 aromatic heterocycles. The van der Waals surface area contributed by atoms with E-state index in [1.807, 2.05) is 98.8 Å². The molecule has 2 aliphatic rings. The van der Waals surface area contributed by atoms with Gasteiger partial charge >= 0.3 is 5.97 Å². The van der Waals surface area contributed by atoms with E-state index in [-0.39, 0.29) is 24.3 Å². The minimum Gasteiger partial charge on any atom is -0.459 e. The molecule has 0 spiro atoms. The number of carbonyl (C=O) groups is 3. The largest absolute Gasteiger partial charge is 0.459 e. The van der Waals surface area contributed by atoms with Crippen LogP contribution in [0.5, 0.6) is 0 Å². The van der Waals surface area contributed by atoms with Crippen molar-refractivity contribution < 1.29 is 19.1 Å². The zero-order valence-electron chi connectivity index (χ0n) is 25.7. The van der Waals surface area contributed by atoms with E-state index < -0.39 is 29.6 Å². The van der Waals surface area contributed by atoms with Crippen molar-refractivity contribution in [1.29, 1.82) is 0 Å². The van der Waals surface area contributed by atoms with E-state index in [0.717, 1.165) is 22.3 Å². The molecule has 4 atom stereocenters. The Morgan fingerprint density at radius 2 is 1.29 bits per heavy atom. The summed E-state index contributed by atoms with van der Waals surface area (Å²) < 4.78 is 5.63. The lowest BCUT2D eigenvalue weighted by Crippen LogP contribution is -2.51. The van der Waals surface area contributed by atoms with Gasteiger partial charge in [-0.1, -0.05) is 135 Å². The molecule has 7 heteroatoms. The van der Waals surface area contributed by atoms with Gasteiger partial charge in [-0.05, 0) is 34.6 Å². The Morgan fingerprint density at radius 1 is 0.800 bits per heavy atom. The fourth-order valence-corrected chi connectivity index (χ4v) is 6.72. The first-order valence-electron chi connectivity index (χ1n) is 15.7. The molecule has 6 rings (SSSR count). The summed E-state index contributed by atoms with van der Waals surface area (Å²) in [4.78, 5) is 44.5. The van der Waals surface area contributed by atoms with Crippen molar-refractivity contribution in [3.8, 4) is 0 Å². The van der Waals surface area contributed by atoms with E-state index >= 15 is 0 Å². The molecule has 2 saturated heterocycles. The summed E-state index contributed by atoms with van der Waals surface area (Å²) in [5.41, 5.74) is 3.39. The average Bonchev–Trinajstić information content (AvgIpc) is 3.81. The zero-order chi connectivity index (χ0) is 31.4. The second kappa shape index (κ2) is 13.1. The Bertz CT molecular complexity index is 1520. The molecule has 0 radical (unpaired) electrons. The number of amides is 2. The highest BCUT2D eigenvalue weighted by Crippen LogP contribution is 2.48. The molecule has 1 unspecified atom stereocenters. The third-order valence-corrected chi connectivity index (χ3v) is 8.91. The van der Waals surface area contributed by atoms with Gasteiger partial charge in [-0.15, -0.1) is 0 Å². The highest BCUT2D eigenvalue weighted by atomic mass is 16.5. The van der Waals surface area contributed by atoms with Crippen molar-refractivity contribution in [2.24, 2.45) is 5.92 Å². The second-order valence-electron chi connectivity index (χ2n) is 12.1. The topological polar surface area (TPSA) is 78.7 Å². The van der Waals surface area contributed by atoms with Crippen molar-refractivity contribution in [2.75, 3.05) is 13.1 Å². The van der Waals surface area contributed by atoms with Gasteiger partial charge in [0.25, 0.3) is 0 Å².